The van der Waals surface area contributed by atoms with Crippen LogP contribution in [0.5, 0.6) is 5.88 Å². The van der Waals surface area contributed by atoms with Crippen molar-refractivity contribution in [2.75, 3.05) is 13.1 Å². The molecule has 1 aromatic carbocycles. The number of carbonyl (C=O) groups excluding carboxylic acids is 1. The van der Waals surface area contributed by atoms with Crippen molar-refractivity contribution in [1.29, 1.82) is 0 Å². The van der Waals surface area contributed by atoms with Gasteiger partial charge in [0.05, 0.1) is 0 Å². The maximum atomic E-state index is 12.6. The summed E-state index contributed by atoms with van der Waals surface area (Å²) in [7, 11) is 0. The van der Waals surface area contributed by atoms with E-state index in [1.807, 2.05) is 43.0 Å². The number of likely N-dealkylation sites (tertiary alicyclic amines) is 1. The van der Waals surface area contributed by atoms with E-state index >= 15 is 0 Å². The Morgan fingerprint density at radius 1 is 1.17 bits per heavy atom. The fraction of sp³-hybridized carbons (Fsp3) is 0.389. The lowest BCUT2D eigenvalue weighted by Crippen LogP contribution is -2.42. The SMILES string of the molecule is Cc1nccc(OC2CCN(C(=O)c3ccccc3C)CC2)n1. The standard InChI is InChI=1S/C18H21N3O2/c1-13-5-3-4-6-16(13)18(22)21-11-8-15(9-12-21)23-17-7-10-19-14(2)20-17/h3-7,10,15H,8-9,11-12H2,1-2H3. The number of rotatable bonds is 3. The van der Waals surface area contributed by atoms with Crippen molar-refractivity contribution in [2.45, 2.75) is 32.8 Å². The van der Waals surface area contributed by atoms with E-state index in [0.717, 1.165) is 24.0 Å². The molecule has 0 unspecified atom stereocenters. The Kier molecular flexibility index (Phi) is 4.55. The van der Waals surface area contributed by atoms with E-state index in [-0.39, 0.29) is 12.0 Å². The summed E-state index contributed by atoms with van der Waals surface area (Å²) >= 11 is 0. The predicted octanol–water partition coefficient (Wildman–Crippen LogP) is 2.78. The zero-order valence-corrected chi connectivity index (χ0v) is 13.5. The molecule has 1 aliphatic rings. The molecular weight excluding hydrogens is 290 g/mol. The van der Waals surface area contributed by atoms with E-state index < -0.39 is 0 Å². The van der Waals surface area contributed by atoms with Crippen LogP contribution >= 0.6 is 0 Å². The van der Waals surface area contributed by atoms with Crippen molar-refractivity contribution in [3.63, 3.8) is 0 Å². The number of piperidine rings is 1. The lowest BCUT2D eigenvalue weighted by Gasteiger charge is -2.32. The molecule has 1 fully saturated rings. The summed E-state index contributed by atoms with van der Waals surface area (Å²) in [6.45, 7) is 5.24. The molecule has 0 atom stereocenters. The monoisotopic (exact) mass is 311 g/mol. The van der Waals surface area contributed by atoms with E-state index in [1.54, 1.807) is 12.3 Å². The third-order valence-electron chi connectivity index (χ3n) is 4.14. The van der Waals surface area contributed by atoms with Gasteiger partial charge in [0.1, 0.15) is 11.9 Å². The van der Waals surface area contributed by atoms with Crippen molar-refractivity contribution < 1.29 is 9.53 Å². The van der Waals surface area contributed by atoms with E-state index in [1.165, 1.54) is 0 Å². The molecule has 5 nitrogen and oxygen atoms in total. The molecule has 23 heavy (non-hydrogen) atoms. The first kappa shape index (κ1) is 15.5. The molecule has 0 saturated carbocycles. The Bertz CT molecular complexity index is 694. The molecule has 2 heterocycles. The Morgan fingerprint density at radius 3 is 2.61 bits per heavy atom. The van der Waals surface area contributed by atoms with Gasteiger partial charge in [0.15, 0.2) is 0 Å². The first-order valence-corrected chi connectivity index (χ1v) is 7.94. The number of ether oxygens (including phenoxy) is 1. The van der Waals surface area contributed by atoms with Gasteiger partial charge in [0.25, 0.3) is 5.91 Å². The van der Waals surface area contributed by atoms with E-state index in [2.05, 4.69) is 9.97 Å². The minimum atomic E-state index is 0.102. The second kappa shape index (κ2) is 6.77. The number of benzene rings is 1. The summed E-state index contributed by atoms with van der Waals surface area (Å²) in [5.41, 5.74) is 1.81. The van der Waals surface area contributed by atoms with Crippen molar-refractivity contribution in [3.8, 4) is 5.88 Å². The van der Waals surface area contributed by atoms with Crippen LogP contribution in [0.15, 0.2) is 36.5 Å². The summed E-state index contributed by atoms with van der Waals surface area (Å²) in [6, 6.07) is 9.51. The van der Waals surface area contributed by atoms with Crippen LogP contribution in [0.1, 0.15) is 34.6 Å². The highest BCUT2D eigenvalue weighted by Gasteiger charge is 2.25. The van der Waals surface area contributed by atoms with E-state index in [4.69, 9.17) is 4.74 Å². The maximum absolute atomic E-state index is 12.6. The van der Waals surface area contributed by atoms with Gasteiger partial charge in [-0.1, -0.05) is 18.2 Å². The molecule has 0 radical (unpaired) electrons. The molecule has 0 bridgehead atoms. The van der Waals surface area contributed by atoms with Crippen LogP contribution in [0.25, 0.3) is 0 Å². The molecular formula is C18H21N3O2. The topological polar surface area (TPSA) is 55.3 Å². The van der Waals surface area contributed by atoms with E-state index in [0.29, 0.717) is 24.8 Å². The number of amides is 1. The van der Waals surface area contributed by atoms with Crippen molar-refractivity contribution in [3.05, 3.63) is 53.5 Å². The van der Waals surface area contributed by atoms with Gasteiger partial charge in [-0.15, -0.1) is 0 Å². The first-order valence-electron chi connectivity index (χ1n) is 7.94. The number of hydrogen-bond acceptors (Lipinski definition) is 4. The Labute approximate surface area is 136 Å². The molecule has 0 N–H and O–H groups in total. The smallest absolute Gasteiger partial charge is 0.254 e. The number of hydrogen-bond donors (Lipinski definition) is 0. The quantitative estimate of drug-likeness (QED) is 0.874. The first-order chi connectivity index (χ1) is 11.1. The van der Waals surface area contributed by atoms with Crippen LogP contribution in [-0.4, -0.2) is 40.0 Å². The third-order valence-corrected chi connectivity index (χ3v) is 4.14. The Hall–Kier alpha value is -2.43. The lowest BCUT2D eigenvalue weighted by atomic mass is 10.0. The molecule has 0 aliphatic carbocycles. The third kappa shape index (κ3) is 3.67. The highest BCUT2D eigenvalue weighted by atomic mass is 16.5. The minimum absolute atomic E-state index is 0.102. The average molecular weight is 311 g/mol. The normalized spacial score (nSPS) is 15.5. The molecule has 1 saturated heterocycles. The molecule has 1 amide bonds. The largest absolute Gasteiger partial charge is 0.474 e. The van der Waals surface area contributed by atoms with Gasteiger partial charge in [-0.3, -0.25) is 4.79 Å². The van der Waals surface area contributed by atoms with Crippen LogP contribution in [0.3, 0.4) is 0 Å². The van der Waals surface area contributed by atoms with Crippen LogP contribution in [0.2, 0.25) is 0 Å². The summed E-state index contributed by atoms with van der Waals surface area (Å²) in [4.78, 5) is 22.8. The molecule has 120 valence electrons. The molecule has 0 spiro atoms. The summed E-state index contributed by atoms with van der Waals surface area (Å²) in [6.07, 6.45) is 3.45. The fourth-order valence-electron chi connectivity index (χ4n) is 2.83. The Balaban J connectivity index is 1.58. The number of carbonyl (C=O) groups is 1. The number of aryl methyl sites for hydroxylation is 2. The fourth-order valence-corrected chi connectivity index (χ4v) is 2.83. The van der Waals surface area contributed by atoms with Crippen LogP contribution in [-0.2, 0) is 0 Å². The molecule has 3 rings (SSSR count). The van der Waals surface area contributed by atoms with Gasteiger partial charge in [-0.25, -0.2) is 4.98 Å². The van der Waals surface area contributed by atoms with Gasteiger partial charge >= 0.3 is 0 Å². The molecule has 1 aliphatic heterocycles. The lowest BCUT2D eigenvalue weighted by molar-refractivity contribution is 0.0587. The highest BCUT2D eigenvalue weighted by Crippen LogP contribution is 2.19. The van der Waals surface area contributed by atoms with Gasteiger partial charge < -0.3 is 9.64 Å². The van der Waals surface area contributed by atoms with Gasteiger partial charge in [-0.2, -0.15) is 4.98 Å². The van der Waals surface area contributed by atoms with Gasteiger partial charge in [-0.05, 0) is 25.5 Å². The second-order valence-corrected chi connectivity index (χ2v) is 5.87. The summed E-state index contributed by atoms with van der Waals surface area (Å²) < 4.78 is 5.90. The summed E-state index contributed by atoms with van der Waals surface area (Å²) in [5.74, 6) is 1.43. The molecule has 1 aromatic heterocycles. The summed E-state index contributed by atoms with van der Waals surface area (Å²) in [5, 5.41) is 0. The average Bonchev–Trinajstić information content (AvgIpc) is 2.55. The molecule has 2 aromatic rings. The Morgan fingerprint density at radius 2 is 1.91 bits per heavy atom. The van der Waals surface area contributed by atoms with Crippen molar-refractivity contribution in [2.24, 2.45) is 0 Å². The van der Waals surface area contributed by atoms with Crippen LogP contribution in [0, 0.1) is 13.8 Å². The van der Waals surface area contributed by atoms with Crippen LogP contribution in [0.4, 0.5) is 0 Å². The number of nitrogens with zero attached hydrogens (tertiary/aromatic N) is 3. The zero-order valence-electron chi connectivity index (χ0n) is 13.5. The maximum Gasteiger partial charge on any atom is 0.254 e. The predicted molar refractivity (Wildman–Crippen MR) is 87.5 cm³/mol. The molecule has 5 heteroatoms. The van der Waals surface area contributed by atoms with E-state index in [9.17, 15) is 4.79 Å². The van der Waals surface area contributed by atoms with Crippen molar-refractivity contribution in [1.82, 2.24) is 14.9 Å². The minimum Gasteiger partial charge on any atom is -0.474 e. The van der Waals surface area contributed by atoms with Gasteiger partial charge in [0.2, 0.25) is 5.88 Å². The highest BCUT2D eigenvalue weighted by molar-refractivity contribution is 5.95. The zero-order chi connectivity index (χ0) is 16.2. The van der Waals surface area contributed by atoms with Gasteiger partial charge in [0, 0.05) is 43.8 Å². The number of aromatic nitrogens is 2. The van der Waals surface area contributed by atoms with Crippen LogP contribution < -0.4 is 4.74 Å². The second-order valence-electron chi connectivity index (χ2n) is 5.87. The van der Waals surface area contributed by atoms with Crippen molar-refractivity contribution >= 4 is 5.91 Å².